The Labute approximate surface area is 95.5 Å². The summed E-state index contributed by atoms with van der Waals surface area (Å²) < 4.78 is 1.93. The predicted octanol–water partition coefficient (Wildman–Crippen LogP) is 2.04. The van der Waals surface area contributed by atoms with E-state index in [0.717, 1.165) is 6.54 Å². The van der Waals surface area contributed by atoms with Gasteiger partial charge in [0.2, 0.25) is 0 Å². The van der Waals surface area contributed by atoms with Crippen LogP contribution >= 0.6 is 0 Å². The molecule has 1 N–H and O–H groups in total. The summed E-state index contributed by atoms with van der Waals surface area (Å²) in [5, 5.41) is 9.00. The molecule has 1 aliphatic rings. The van der Waals surface area contributed by atoms with Gasteiger partial charge in [-0.2, -0.15) is 5.10 Å². The van der Waals surface area contributed by atoms with Crippen LogP contribution in [0.15, 0.2) is 24.4 Å². The smallest absolute Gasteiger partial charge is 0.0679 e. The lowest BCUT2D eigenvalue weighted by Gasteiger charge is -2.23. The summed E-state index contributed by atoms with van der Waals surface area (Å²) in [7, 11) is 1.99. The molecule has 3 heteroatoms. The van der Waals surface area contributed by atoms with Gasteiger partial charge in [0.25, 0.3) is 0 Å². The summed E-state index contributed by atoms with van der Waals surface area (Å²) in [5.74, 6) is 0.679. The van der Waals surface area contributed by atoms with Gasteiger partial charge in [0.1, 0.15) is 0 Å². The highest BCUT2D eigenvalue weighted by Gasteiger charge is 2.15. The first-order valence-corrected chi connectivity index (χ1v) is 5.97. The molecule has 2 heterocycles. The Morgan fingerprint density at radius 2 is 2.38 bits per heavy atom. The van der Waals surface area contributed by atoms with Crippen LogP contribution < -0.4 is 5.32 Å². The van der Waals surface area contributed by atoms with Gasteiger partial charge in [0.15, 0.2) is 0 Å². The molecule has 3 rings (SSSR count). The molecule has 0 radical (unpaired) electrons. The van der Waals surface area contributed by atoms with Crippen LogP contribution in [-0.4, -0.2) is 22.9 Å². The minimum atomic E-state index is 0.679. The van der Waals surface area contributed by atoms with Gasteiger partial charge in [-0.15, -0.1) is 0 Å². The first-order chi connectivity index (χ1) is 7.84. The van der Waals surface area contributed by atoms with Crippen LogP contribution in [-0.2, 0) is 7.05 Å². The molecular formula is C13H17N3. The third-order valence-electron chi connectivity index (χ3n) is 3.54. The van der Waals surface area contributed by atoms with E-state index in [0.29, 0.717) is 5.92 Å². The molecule has 84 valence electrons. The summed E-state index contributed by atoms with van der Waals surface area (Å²) >= 11 is 0. The van der Waals surface area contributed by atoms with Crippen LogP contribution in [0.4, 0.5) is 0 Å². The number of piperidine rings is 1. The normalized spacial score (nSPS) is 21.4. The Hall–Kier alpha value is -1.35. The fraction of sp³-hybridized carbons (Fsp3) is 0.462. The number of nitrogens with zero attached hydrogens (tertiary/aromatic N) is 2. The van der Waals surface area contributed by atoms with Gasteiger partial charge in [-0.1, -0.05) is 6.07 Å². The summed E-state index contributed by atoms with van der Waals surface area (Å²) in [6, 6.07) is 6.73. The van der Waals surface area contributed by atoms with Crippen molar-refractivity contribution < 1.29 is 0 Å². The van der Waals surface area contributed by atoms with Crippen molar-refractivity contribution in [3.05, 3.63) is 30.0 Å². The van der Waals surface area contributed by atoms with Gasteiger partial charge < -0.3 is 5.32 Å². The average molecular weight is 215 g/mol. The predicted molar refractivity (Wildman–Crippen MR) is 65.6 cm³/mol. The Morgan fingerprint density at radius 1 is 1.44 bits per heavy atom. The zero-order chi connectivity index (χ0) is 11.0. The number of fused-ring (bicyclic) bond motifs is 1. The van der Waals surface area contributed by atoms with E-state index in [9.17, 15) is 0 Å². The summed E-state index contributed by atoms with van der Waals surface area (Å²) in [6.07, 6.45) is 4.55. The first kappa shape index (κ1) is 9.85. The lowest BCUT2D eigenvalue weighted by atomic mass is 9.91. The van der Waals surface area contributed by atoms with E-state index in [1.165, 1.54) is 35.9 Å². The second kappa shape index (κ2) is 3.91. The molecule has 1 aliphatic heterocycles. The van der Waals surface area contributed by atoms with E-state index in [1.807, 2.05) is 17.9 Å². The van der Waals surface area contributed by atoms with Crippen molar-refractivity contribution in [1.82, 2.24) is 15.1 Å². The van der Waals surface area contributed by atoms with Gasteiger partial charge >= 0.3 is 0 Å². The van der Waals surface area contributed by atoms with Gasteiger partial charge in [0.05, 0.1) is 11.7 Å². The number of rotatable bonds is 1. The van der Waals surface area contributed by atoms with E-state index < -0.39 is 0 Å². The minimum Gasteiger partial charge on any atom is -0.316 e. The zero-order valence-electron chi connectivity index (χ0n) is 9.61. The van der Waals surface area contributed by atoms with Gasteiger partial charge in [-0.05, 0) is 43.0 Å². The van der Waals surface area contributed by atoms with Crippen molar-refractivity contribution in [2.24, 2.45) is 7.05 Å². The number of aromatic nitrogens is 2. The zero-order valence-corrected chi connectivity index (χ0v) is 9.61. The van der Waals surface area contributed by atoms with Crippen molar-refractivity contribution in [3.63, 3.8) is 0 Å². The monoisotopic (exact) mass is 215 g/mol. The second-order valence-corrected chi connectivity index (χ2v) is 4.63. The number of nitrogens with one attached hydrogen (secondary N) is 1. The van der Waals surface area contributed by atoms with Crippen molar-refractivity contribution in [2.75, 3.05) is 13.1 Å². The largest absolute Gasteiger partial charge is 0.316 e. The van der Waals surface area contributed by atoms with Crippen LogP contribution in [0.25, 0.3) is 10.9 Å². The van der Waals surface area contributed by atoms with Crippen molar-refractivity contribution in [2.45, 2.75) is 18.8 Å². The quantitative estimate of drug-likeness (QED) is 0.789. The molecule has 0 saturated carbocycles. The topological polar surface area (TPSA) is 29.9 Å². The van der Waals surface area contributed by atoms with Crippen LogP contribution in [0.1, 0.15) is 24.3 Å². The van der Waals surface area contributed by atoms with Crippen LogP contribution in [0.3, 0.4) is 0 Å². The highest BCUT2D eigenvalue weighted by molar-refractivity contribution is 5.79. The Morgan fingerprint density at radius 3 is 3.19 bits per heavy atom. The van der Waals surface area contributed by atoms with Gasteiger partial charge in [-0.3, -0.25) is 4.68 Å². The maximum atomic E-state index is 4.28. The average Bonchev–Trinajstić information content (AvgIpc) is 2.72. The van der Waals surface area contributed by atoms with Crippen LogP contribution in [0.5, 0.6) is 0 Å². The number of aryl methyl sites for hydroxylation is 1. The highest BCUT2D eigenvalue weighted by Crippen LogP contribution is 2.26. The third-order valence-corrected chi connectivity index (χ3v) is 3.54. The van der Waals surface area contributed by atoms with E-state index in [-0.39, 0.29) is 0 Å². The Balaban J connectivity index is 1.97. The molecule has 3 nitrogen and oxygen atoms in total. The third kappa shape index (κ3) is 1.61. The van der Waals surface area contributed by atoms with E-state index >= 15 is 0 Å². The molecule has 16 heavy (non-hydrogen) atoms. The molecular weight excluding hydrogens is 198 g/mol. The van der Waals surface area contributed by atoms with Crippen molar-refractivity contribution in [1.29, 1.82) is 0 Å². The number of hydrogen-bond acceptors (Lipinski definition) is 2. The van der Waals surface area contributed by atoms with Crippen molar-refractivity contribution >= 4 is 10.9 Å². The fourth-order valence-electron chi connectivity index (χ4n) is 2.57. The molecule has 1 fully saturated rings. The molecule has 1 atom stereocenters. The van der Waals surface area contributed by atoms with Crippen LogP contribution in [0, 0.1) is 0 Å². The Bertz CT molecular complexity index is 495. The van der Waals surface area contributed by atoms with Gasteiger partial charge in [-0.25, -0.2) is 0 Å². The second-order valence-electron chi connectivity index (χ2n) is 4.63. The minimum absolute atomic E-state index is 0.679. The maximum absolute atomic E-state index is 4.28. The summed E-state index contributed by atoms with van der Waals surface area (Å²) in [4.78, 5) is 0. The summed E-state index contributed by atoms with van der Waals surface area (Å²) in [5.41, 5.74) is 2.67. The van der Waals surface area contributed by atoms with E-state index in [4.69, 9.17) is 0 Å². The van der Waals surface area contributed by atoms with E-state index in [2.05, 4.69) is 28.6 Å². The molecule has 2 aromatic rings. The number of hydrogen-bond donors (Lipinski definition) is 1. The molecule has 0 aliphatic carbocycles. The van der Waals surface area contributed by atoms with E-state index in [1.54, 1.807) is 0 Å². The van der Waals surface area contributed by atoms with Crippen LogP contribution in [0.2, 0.25) is 0 Å². The van der Waals surface area contributed by atoms with Crippen molar-refractivity contribution in [3.8, 4) is 0 Å². The molecule has 0 bridgehead atoms. The lowest BCUT2D eigenvalue weighted by Crippen LogP contribution is -2.28. The lowest BCUT2D eigenvalue weighted by molar-refractivity contribution is 0.462. The molecule has 1 aromatic heterocycles. The molecule has 1 saturated heterocycles. The molecule has 0 amide bonds. The maximum Gasteiger partial charge on any atom is 0.0679 e. The number of benzene rings is 1. The molecule has 1 aromatic carbocycles. The fourth-order valence-corrected chi connectivity index (χ4v) is 2.57. The summed E-state index contributed by atoms with van der Waals surface area (Å²) in [6.45, 7) is 2.29. The molecule has 1 unspecified atom stereocenters. The first-order valence-electron chi connectivity index (χ1n) is 5.97. The standard InChI is InChI=1S/C13H17N3/c1-16-13-5-4-10(7-12(13)9-15-16)11-3-2-6-14-8-11/h4-5,7,9,11,14H,2-3,6,8H2,1H3. The van der Waals surface area contributed by atoms with Gasteiger partial charge in [0, 0.05) is 19.0 Å². The molecule has 0 spiro atoms. The SMILES string of the molecule is Cn1ncc2cc(C3CCCNC3)ccc21. The Kier molecular flexibility index (Phi) is 2.40. The highest BCUT2D eigenvalue weighted by atomic mass is 15.2.